The highest BCUT2D eigenvalue weighted by molar-refractivity contribution is 5.86. The number of hydrogen-bond donors (Lipinski definition) is 2. The van der Waals surface area contributed by atoms with Crippen molar-refractivity contribution >= 4 is 17.6 Å². The highest BCUT2D eigenvalue weighted by Gasteiger charge is 2.48. The summed E-state index contributed by atoms with van der Waals surface area (Å²) in [6.07, 6.45) is 4.23. The van der Waals surface area contributed by atoms with Crippen LogP contribution >= 0.6 is 0 Å². The Morgan fingerprint density at radius 1 is 1.30 bits per heavy atom. The lowest BCUT2D eigenvalue weighted by atomic mass is 10.1. The number of hydrogen-bond acceptors (Lipinski definition) is 5. The van der Waals surface area contributed by atoms with Gasteiger partial charge < -0.3 is 15.4 Å². The second-order valence-electron chi connectivity index (χ2n) is 7.65. The molecule has 0 bridgehead atoms. The van der Waals surface area contributed by atoms with Crippen molar-refractivity contribution in [2.24, 2.45) is 0 Å². The van der Waals surface area contributed by atoms with Gasteiger partial charge in [0, 0.05) is 12.7 Å². The molecule has 1 atom stereocenters. The van der Waals surface area contributed by atoms with Crippen molar-refractivity contribution in [3.05, 3.63) is 42.3 Å². The molecule has 27 heavy (non-hydrogen) atoms. The van der Waals surface area contributed by atoms with Crippen LogP contribution in [0.25, 0.3) is 5.57 Å². The number of allylic oxidation sites excluding steroid dienone is 3. The van der Waals surface area contributed by atoms with Gasteiger partial charge in [-0.05, 0) is 59.6 Å². The molecular formula is C20H27N4O3+. The van der Waals surface area contributed by atoms with Gasteiger partial charge in [0.1, 0.15) is 17.2 Å². The average Bonchev–Trinajstić information content (AvgIpc) is 3.35. The minimum absolute atomic E-state index is 0.298. The molecule has 1 aromatic rings. The summed E-state index contributed by atoms with van der Waals surface area (Å²) >= 11 is 0. The smallest absolute Gasteiger partial charge is 0.408 e. The molecule has 1 saturated carbocycles. The first-order valence-electron chi connectivity index (χ1n) is 8.97. The van der Waals surface area contributed by atoms with Crippen molar-refractivity contribution in [1.29, 1.82) is 0 Å². The molecular weight excluding hydrogens is 344 g/mol. The van der Waals surface area contributed by atoms with Crippen LogP contribution in [0.4, 0.5) is 4.79 Å². The lowest BCUT2D eigenvalue weighted by Crippen LogP contribution is -2.49. The Bertz CT molecular complexity index is 743. The van der Waals surface area contributed by atoms with Gasteiger partial charge in [-0.15, -0.1) is 5.10 Å². The summed E-state index contributed by atoms with van der Waals surface area (Å²) < 4.78 is 5.17. The molecule has 0 aromatic carbocycles. The maximum Gasteiger partial charge on any atom is 0.408 e. The van der Waals surface area contributed by atoms with Crippen LogP contribution in [0.5, 0.6) is 0 Å². The molecule has 144 valence electrons. The van der Waals surface area contributed by atoms with Crippen LogP contribution in [0.1, 0.15) is 58.8 Å². The number of nitrogens with one attached hydrogen (secondary N) is 2. The van der Waals surface area contributed by atoms with Gasteiger partial charge in [0.15, 0.2) is 11.8 Å². The normalized spacial score (nSPS) is 16.8. The third-order valence-corrected chi connectivity index (χ3v) is 4.18. The molecule has 0 spiro atoms. The molecule has 2 N–H and O–H groups in total. The Morgan fingerprint density at radius 3 is 2.41 bits per heavy atom. The average molecular weight is 371 g/mol. The maximum atomic E-state index is 12.5. The van der Waals surface area contributed by atoms with E-state index in [0.717, 1.165) is 18.4 Å². The first kappa shape index (κ1) is 20.5. The number of carbonyl (C=O) groups excluding carboxylic acids is 2. The Kier molecular flexibility index (Phi) is 5.96. The molecule has 1 aliphatic carbocycles. The Hall–Kier alpha value is -2.79. The van der Waals surface area contributed by atoms with Crippen molar-refractivity contribution in [2.75, 3.05) is 0 Å². The third-order valence-electron chi connectivity index (χ3n) is 4.18. The van der Waals surface area contributed by atoms with Crippen molar-refractivity contribution in [3.8, 4) is 0 Å². The fraction of sp³-hybridized carbons (Fsp3) is 0.500. The van der Waals surface area contributed by atoms with Crippen LogP contribution in [0, 0.1) is 6.58 Å². The summed E-state index contributed by atoms with van der Waals surface area (Å²) in [7, 11) is 0. The zero-order valence-electron chi connectivity index (χ0n) is 16.5. The van der Waals surface area contributed by atoms with E-state index < -0.39 is 23.3 Å². The van der Waals surface area contributed by atoms with Gasteiger partial charge in [-0.25, -0.2) is 4.79 Å². The summed E-state index contributed by atoms with van der Waals surface area (Å²) in [6, 6.07) is 2.94. The van der Waals surface area contributed by atoms with Gasteiger partial charge in [0.25, 0.3) is 0 Å². The number of amides is 2. The van der Waals surface area contributed by atoms with Crippen molar-refractivity contribution in [2.45, 2.75) is 64.6 Å². The molecule has 1 unspecified atom stereocenters. The predicted octanol–water partition coefficient (Wildman–Crippen LogP) is 2.89. The molecule has 7 heteroatoms. The van der Waals surface area contributed by atoms with Crippen molar-refractivity contribution in [1.82, 2.24) is 20.8 Å². The van der Waals surface area contributed by atoms with Crippen LogP contribution in [0.2, 0.25) is 0 Å². The predicted molar refractivity (Wildman–Crippen MR) is 102 cm³/mol. The fourth-order valence-corrected chi connectivity index (χ4v) is 2.54. The molecule has 1 aromatic heterocycles. The lowest BCUT2D eigenvalue weighted by molar-refractivity contribution is -0.123. The van der Waals surface area contributed by atoms with E-state index >= 15 is 0 Å². The molecule has 1 aliphatic rings. The van der Waals surface area contributed by atoms with E-state index in [1.165, 1.54) is 6.08 Å². The summed E-state index contributed by atoms with van der Waals surface area (Å²) in [6.45, 7) is 14.3. The van der Waals surface area contributed by atoms with Crippen molar-refractivity contribution < 1.29 is 14.3 Å². The van der Waals surface area contributed by atoms with Crippen molar-refractivity contribution in [3.63, 3.8) is 0 Å². The van der Waals surface area contributed by atoms with E-state index in [0.29, 0.717) is 11.4 Å². The minimum Gasteiger partial charge on any atom is -0.444 e. The summed E-state index contributed by atoms with van der Waals surface area (Å²) in [5, 5.41) is 14.0. The molecule has 0 aliphatic heterocycles. The van der Waals surface area contributed by atoms with Gasteiger partial charge in [0.05, 0.1) is 11.2 Å². The first-order chi connectivity index (χ1) is 12.6. The van der Waals surface area contributed by atoms with Gasteiger partial charge in [-0.2, -0.15) is 5.10 Å². The van der Waals surface area contributed by atoms with E-state index in [1.807, 2.05) is 25.1 Å². The van der Waals surface area contributed by atoms with Crippen LogP contribution in [-0.2, 0) is 15.1 Å². The highest BCUT2D eigenvalue weighted by atomic mass is 16.6. The fourth-order valence-electron chi connectivity index (χ4n) is 2.54. The van der Waals surface area contributed by atoms with E-state index in [2.05, 4.69) is 20.8 Å². The lowest BCUT2D eigenvalue weighted by Gasteiger charge is -2.23. The largest absolute Gasteiger partial charge is 0.444 e. The van der Waals surface area contributed by atoms with Crippen LogP contribution in [0.3, 0.4) is 0 Å². The highest BCUT2D eigenvalue weighted by Crippen LogP contribution is 2.44. The monoisotopic (exact) mass is 371 g/mol. The second kappa shape index (κ2) is 7.84. The zero-order valence-corrected chi connectivity index (χ0v) is 16.5. The number of carbonyl (C=O) groups is 2. The van der Waals surface area contributed by atoms with Gasteiger partial charge in [-0.3, -0.25) is 4.79 Å². The summed E-state index contributed by atoms with van der Waals surface area (Å²) in [5.41, 5.74) is 0.998. The molecule has 1 heterocycles. The maximum absolute atomic E-state index is 12.5. The topological polar surface area (TPSA) is 93.2 Å². The van der Waals surface area contributed by atoms with Gasteiger partial charge >= 0.3 is 6.09 Å². The van der Waals surface area contributed by atoms with E-state index in [9.17, 15) is 9.59 Å². The molecule has 7 nitrogen and oxygen atoms in total. The Balaban J connectivity index is 2.01. The Morgan fingerprint density at radius 2 is 1.96 bits per heavy atom. The van der Waals surface area contributed by atoms with E-state index in [1.54, 1.807) is 27.7 Å². The standard InChI is InChI=1S/C20H26N4O3/c1-7-14(8-2)15-9-10-16(24-23-15)20(11-12-20)22-17(25)13(3)21-18(26)27-19(4,5)6/h1,7-10,13H,11-12H2,2-6H3,(H-,21,22,25,26)/p+1/b14-8+. The quantitative estimate of drug-likeness (QED) is 0.592. The Labute approximate surface area is 160 Å². The molecule has 0 saturated heterocycles. The van der Waals surface area contributed by atoms with E-state index in [4.69, 9.17) is 11.3 Å². The third kappa shape index (κ3) is 5.34. The van der Waals surface area contributed by atoms with Gasteiger partial charge in [-0.1, -0.05) is 0 Å². The molecule has 1 fully saturated rings. The number of aromatic nitrogens is 2. The number of ether oxygens (including phenoxy) is 1. The van der Waals surface area contributed by atoms with E-state index in [-0.39, 0.29) is 5.91 Å². The SMILES string of the molecule is [CH+]=C/C(=C\C)c1ccc(C2(NC(=O)C(C)NC(=O)OC(C)(C)C)CC2)nn1. The summed E-state index contributed by atoms with van der Waals surface area (Å²) in [5.74, 6) is -0.298. The van der Waals surface area contributed by atoms with Crippen LogP contribution in [-0.4, -0.2) is 33.8 Å². The summed E-state index contributed by atoms with van der Waals surface area (Å²) in [4.78, 5) is 24.3. The minimum atomic E-state index is -0.731. The number of alkyl carbamates (subject to hydrolysis) is 1. The van der Waals surface area contributed by atoms with Crippen LogP contribution < -0.4 is 10.6 Å². The zero-order chi connectivity index (χ0) is 20.2. The number of rotatable bonds is 6. The first-order valence-corrected chi connectivity index (χ1v) is 8.97. The molecule has 0 radical (unpaired) electrons. The second-order valence-corrected chi connectivity index (χ2v) is 7.65. The molecule has 2 amide bonds. The van der Waals surface area contributed by atoms with Crippen LogP contribution in [0.15, 0.2) is 24.3 Å². The molecule has 2 rings (SSSR count). The number of nitrogens with zero attached hydrogens (tertiary/aromatic N) is 2. The van der Waals surface area contributed by atoms with Gasteiger partial charge in [0.2, 0.25) is 5.91 Å².